The number of methoxy groups -OCH3 is 2. The largest absolute Gasteiger partial charge is 0.480 e. The molecule has 1 aliphatic rings. The first-order valence-corrected chi connectivity index (χ1v) is 28.8. The number of carbonyl (C=O) groups excluding carboxylic acids is 8. The Balaban J connectivity index is 1.58. The van der Waals surface area contributed by atoms with Gasteiger partial charge in [0.2, 0.25) is 11.8 Å². The van der Waals surface area contributed by atoms with Gasteiger partial charge in [-0.05, 0) is 85.5 Å². The molecule has 22 heteroatoms. The van der Waals surface area contributed by atoms with Crippen molar-refractivity contribution >= 4 is 47.5 Å². The summed E-state index contributed by atoms with van der Waals surface area (Å²) in [5.41, 5.74) is 2.93. The van der Waals surface area contributed by atoms with E-state index in [9.17, 15) is 28.8 Å². The summed E-state index contributed by atoms with van der Waals surface area (Å²) in [7, 11) is 8.59. The first-order chi connectivity index (χ1) is 39.6. The molecule has 22 nitrogen and oxygen atoms in total. The molecule has 5 rings (SSSR count). The number of carbonyl (C=O) groups is 8. The first-order valence-electron chi connectivity index (χ1n) is 28.8. The van der Waals surface area contributed by atoms with Gasteiger partial charge < -0.3 is 48.0 Å². The molecule has 0 aliphatic carbocycles. The lowest BCUT2D eigenvalue weighted by molar-refractivity contribution is -0.176. The lowest BCUT2D eigenvalue weighted by Gasteiger charge is -2.35. The third-order valence-corrected chi connectivity index (χ3v) is 14.7. The summed E-state index contributed by atoms with van der Waals surface area (Å²) in [6.45, 7) is 18.3. The van der Waals surface area contributed by atoms with E-state index in [-0.39, 0.29) is 62.2 Å². The van der Waals surface area contributed by atoms with E-state index in [2.05, 4.69) is 10.2 Å². The fraction of sp³-hybridized carbons (Fsp3) is 0.581. The molecular formula is C62H88N8O14. The maximum Gasteiger partial charge on any atom is 0.329 e. The molecule has 0 N–H and O–H groups in total. The van der Waals surface area contributed by atoms with Crippen molar-refractivity contribution in [1.29, 1.82) is 0 Å². The van der Waals surface area contributed by atoms with E-state index < -0.39 is 96.1 Å². The zero-order valence-corrected chi connectivity index (χ0v) is 51.8. The number of nitrogens with zero attached hydrogens (tertiary/aromatic N) is 8. The van der Waals surface area contributed by atoms with Crippen molar-refractivity contribution in [3.63, 3.8) is 0 Å². The number of aromatic nitrogens is 4. The Morgan fingerprint density at radius 2 is 0.667 bits per heavy atom. The third kappa shape index (κ3) is 18.6. The lowest BCUT2D eigenvalue weighted by Crippen LogP contribution is -2.55. The van der Waals surface area contributed by atoms with Crippen molar-refractivity contribution in [1.82, 2.24) is 39.2 Å². The van der Waals surface area contributed by atoms with Crippen LogP contribution in [0.3, 0.4) is 0 Å². The van der Waals surface area contributed by atoms with Gasteiger partial charge in [0.05, 0.1) is 27.3 Å². The number of amides is 4. The summed E-state index contributed by atoms with van der Waals surface area (Å²) < 4.78 is 38.1. The highest BCUT2D eigenvalue weighted by Crippen LogP contribution is 2.25. The third-order valence-electron chi connectivity index (χ3n) is 14.7. The van der Waals surface area contributed by atoms with E-state index in [0.29, 0.717) is 36.0 Å². The zero-order valence-electron chi connectivity index (χ0n) is 51.8. The van der Waals surface area contributed by atoms with Crippen molar-refractivity contribution < 1.29 is 66.8 Å². The minimum absolute atomic E-state index is 0.0711. The summed E-state index contributed by atoms with van der Waals surface area (Å²) in [6.07, 6.45) is -2.57. The van der Waals surface area contributed by atoms with Crippen molar-refractivity contribution in [2.24, 2.45) is 23.7 Å². The van der Waals surface area contributed by atoms with Gasteiger partial charge in [0.25, 0.3) is 23.6 Å². The van der Waals surface area contributed by atoms with Crippen LogP contribution < -0.4 is 9.47 Å². The van der Waals surface area contributed by atoms with Gasteiger partial charge in [0, 0.05) is 65.6 Å². The molecule has 0 radical (unpaired) electrons. The number of hydrogen-bond acceptors (Lipinski definition) is 16. The van der Waals surface area contributed by atoms with Crippen LogP contribution in [-0.2, 0) is 83.2 Å². The molecule has 2 aromatic heterocycles. The molecule has 0 unspecified atom stereocenters. The standard InChI is InChI=1S/C62H88N8O14/c1-37(2)29-47-59(75)81-41(9)55(71)65(11)50(32-40(7)8)62(78)84-52(34-44-19-23-46(24-20-44)36-70-28-26-54(64-70)80-16)58(74)68(14)48(30-38(3)4)60(76)82-42(10)56(72)66(12)49(31-39(5)6)61(77)83-51(57(73)67(47)13)33-43-17-21-45(22-18-43)35-69-27-25-53(63-69)79-15/h17-28,37-42,47-52H,29-36H2,1-16H3/t41-,42-,47+,48+,49+,50+,51-,52-/m1/s1. The van der Waals surface area contributed by atoms with Gasteiger partial charge in [-0.3, -0.25) is 28.5 Å². The van der Waals surface area contributed by atoms with Crippen LogP contribution in [0.1, 0.15) is 117 Å². The molecule has 0 spiro atoms. The highest BCUT2D eigenvalue weighted by Gasteiger charge is 2.43. The van der Waals surface area contributed by atoms with E-state index in [1.807, 2.05) is 79.7 Å². The molecule has 1 fully saturated rings. The number of benzene rings is 2. The molecule has 2 aromatic carbocycles. The maximum absolute atomic E-state index is 15.0. The quantitative estimate of drug-likeness (QED) is 0.0799. The lowest BCUT2D eigenvalue weighted by atomic mass is 9.99. The van der Waals surface area contributed by atoms with Gasteiger partial charge in [-0.1, -0.05) is 104 Å². The highest BCUT2D eigenvalue weighted by atomic mass is 16.6. The average Bonchev–Trinajstić information content (AvgIpc) is 4.15. The van der Waals surface area contributed by atoms with Crippen LogP contribution >= 0.6 is 0 Å². The molecule has 4 aromatic rings. The van der Waals surface area contributed by atoms with Gasteiger partial charge in [-0.25, -0.2) is 19.2 Å². The summed E-state index contributed by atoms with van der Waals surface area (Å²) in [4.78, 5) is 122. The number of likely N-dealkylation sites (N-methyl/N-ethyl adjacent to an activating group) is 4. The molecule has 8 atom stereocenters. The predicted octanol–water partition coefficient (Wildman–Crippen LogP) is 6.17. The van der Waals surface area contributed by atoms with E-state index in [1.165, 1.54) is 56.3 Å². The SMILES string of the molecule is COc1ccn(Cc2ccc(C[C@H]3OC(=O)[C@H](CC(C)C)N(C)C(=O)[C@@H](C)OC(=O)[C@H](CC(C)C)N(C)C(=O)[C@@H](Cc4ccc(Cn5ccc(OC)n5)cc4)OC(=O)[C@H](CC(C)C)N(C)C(=O)[C@@H](C)OC(=O)[C@H](CC(C)C)N(C)C3=O)cc2)n1. The summed E-state index contributed by atoms with van der Waals surface area (Å²) in [5, 5.41) is 8.74. The number of esters is 4. The normalized spacial score (nSPS) is 22.6. The Morgan fingerprint density at radius 1 is 0.405 bits per heavy atom. The predicted molar refractivity (Wildman–Crippen MR) is 311 cm³/mol. The molecule has 460 valence electrons. The van der Waals surface area contributed by atoms with Crippen molar-refractivity contribution in [3.8, 4) is 11.8 Å². The van der Waals surface area contributed by atoms with Crippen LogP contribution in [0, 0.1) is 23.7 Å². The molecule has 4 amide bonds. The van der Waals surface area contributed by atoms with E-state index in [0.717, 1.165) is 30.7 Å². The van der Waals surface area contributed by atoms with Crippen LogP contribution in [0.2, 0.25) is 0 Å². The molecule has 0 saturated carbocycles. The Bertz CT molecular complexity index is 2660. The Morgan fingerprint density at radius 3 is 0.929 bits per heavy atom. The van der Waals surface area contributed by atoms with Crippen LogP contribution in [0.15, 0.2) is 73.1 Å². The fourth-order valence-corrected chi connectivity index (χ4v) is 9.92. The van der Waals surface area contributed by atoms with Crippen molar-refractivity contribution in [2.75, 3.05) is 42.4 Å². The number of ether oxygens (including phenoxy) is 6. The topological polar surface area (TPSA) is 241 Å². The second-order valence-electron chi connectivity index (χ2n) is 23.5. The second kappa shape index (κ2) is 30.7. The van der Waals surface area contributed by atoms with Crippen LogP contribution in [0.4, 0.5) is 0 Å². The van der Waals surface area contributed by atoms with E-state index >= 15 is 9.59 Å². The average molecular weight is 1170 g/mol. The fourth-order valence-electron chi connectivity index (χ4n) is 9.92. The zero-order chi connectivity index (χ0) is 62.3. The van der Waals surface area contributed by atoms with E-state index in [1.54, 1.807) is 58.2 Å². The van der Waals surface area contributed by atoms with E-state index in [4.69, 9.17) is 28.4 Å². The van der Waals surface area contributed by atoms with Crippen LogP contribution in [0.25, 0.3) is 0 Å². The van der Waals surface area contributed by atoms with Gasteiger partial charge >= 0.3 is 23.9 Å². The minimum Gasteiger partial charge on any atom is -0.480 e. The van der Waals surface area contributed by atoms with Crippen molar-refractivity contribution in [3.05, 3.63) is 95.3 Å². The Hall–Kier alpha value is -7.78. The molecule has 3 heterocycles. The second-order valence-corrected chi connectivity index (χ2v) is 23.5. The Labute approximate surface area is 494 Å². The molecule has 1 saturated heterocycles. The maximum atomic E-state index is 15.0. The van der Waals surface area contributed by atoms with Crippen LogP contribution in [-0.4, -0.2) is 178 Å². The monoisotopic (exact) mass is 1170 g/mol. The Kier molecular flexibility index (Phi) is 24.5. The van der Waals surface area contributed by atoms with Gasteiger partial charge in [-0.2, -0.15) is 0 Å². The molecule has 1 aliphatic heterocycles. The highest BCUT2D eigenvalue weighted by molar-refractivity contribution is 5.94. The number of hydrogen-bond donors (Lipinski definition) is 0. The first kappa shape index (κ1) is 67.0. The van der Waals surface area contributed by atoms with Crippen LogP contribution in [0.5, 0.6) is 11.8 Å². The number of rotatable bonds is 18. The summed E-state index contributed by atoms with van der Waals surface area (Å²) in [6, 6.07) is 12.8. The van der Waals surface area contributed by atoms with Crippen molar-refractivity contribution in [2.45, 2.75) is 169 Å². The summed E-state index contributed by atoms with van der Waals surface area (Å²) in [5.74, 6) is -6.67. The molecular weight excluding hydrogens is 1080 g/mol. The molecule has 84 heavy (non-hydrogen) atoms. The molecule has 0 bridgehead atoms. The van der Waals surface area contributed by atoms with Gasteiger partial charge in [-0.15, -0.1) is 10.2 Å². The van der Waals surface area contributed by atoms with Gasteiger partial charge in [0.15, 0.2) is 24.4 Å². The van der Waals surface area contributed by atoms with Gasteiger partial charge in [0.1, 0.15) is 24.2 Å². The smallest absolute Gasteiger partial charge is 0.329 e. The number of cyclic esters (lactones) is 4. The summed E-state index contributed by atoms with van der Waals surface area (Å²) >= 11 is 0. The minimum atomic E-state index is -1.55.